The molecule has 0 spiro atoms. The Balaban J connectivity index is 1.24. The maximum Gasteiger partial charge on any atom is 0.225 e. The number of hydrogen-bond acceptors (Lipinski definition) is 3. The number of guanidine groups is 1. The van der Waals surface area contributed by atoms with E-state index >= 15 is 0 Å². The third-order valence-electron chi connectivity index (χ3n) is 6.18. The van der Waals surface area contributed by atoms with Crippen LogP contribution in [0.5, 0.6) is 0 Å². The normalized spacial score (nSPS) is 20.4. The summed E-state index contributed by atoms with van der Waals surface area (Å²) >= 11 is 0. The topological polar surface area (TPSA) is 74.6 Å². The molecule has 2 N–H and O–H groups in total. The van der Waals surface area contributed by atoms with E-state index in [0.29, 0.717) is 12.5 Å². The highest BCUT2D eigenvalue weighted by Crippen LogP contribution is 2.26. The molecule has 2 heterocycles. The second-order valence-corrected chi connectivity index (χ2v) is 8.29. The maximum atomic E-state index is 12.8. The lowest BCUT2D eigenvalue weighted by atomic mass is 9.88. The molecule has 1 amide bonds. The van der Waals surface area contributed by atoms with Gasteiger partial charge in [0.2, 0.25) is 5.91 Å². The van der Waals surface area contributed by atoms with E-state index in [1.54, 1.807) is 13.2 Å². The average molecular weight is 409 g/mol. The Morgan fingerprint density at radius 3 is 2.67 bits per heavy atom. The molecule has 30 heavy (non-hydrogen) atoms. The number of rotatable bonds is 5. The van der Waals surface area contributed by atoms with Crippen molar-refractivity contribution in [3.63, 3.8) is 0 Å². The van der Waals surface area contributed by atoms with E-state index in [1.165, 1.54) is 24.8 Å². The van der Waals surface area contributed by atoms with Crippen molar-refractivity contribution in [1.82, 2.24) is 25.3 Å². The van der Waals surface area contributed by atoms with Gasteiger partial charge in [0.25, 0.3) is 0 Å². The lowest BCUT2D eigenvalue weighted by Crippen LogP contribution is -2.45. The molecular formula is C23H32N6O. The summed E-state index contributed by atoms with van der Waals surface area (Å²) in [7, 11) is 1.79. The number of benzene rings is 1. The quantitative estimate of drug-likeness (QED) is 0.589. The van der Waals surface area contributed by atoms with Crippen LogP contribution in [0.25, 0.3) is 5.69 Å². The number of aliphatic imine (C=N–C) groups is 1. The Morgan fingerprint density at radius 1 is 1.17 bits per heavy atom. The number of amides is 1. The summed E-state index contributed by atoms with van der Waals surface area (Å²) in [4.78, 5) is 19.2. The molecule has 160 valence electrons. The maximum absolute atomic E-state index is 12.8. The van der Waals surface area contributed by atoms with E-state index in [-0.39, 0.29) is 12.0 Å². The van der Waals surface area contributed by atoms with Gasteiger partial charge in [-0.25, -0.2) is 4.68 Å². The van der Waals surface area contributed by atoms with Crippen LogP contribution in [0.15, 0.2) is 47.7 Å². The minimum absolute atomic E-state index is 0.250. The fraction of sp³-hybridized carbons (Fsp3) is 0.522. The molecule has 0 radical (unpaired) electrons. The van der Waals surface area contributed by atoms with Crippen LogP contribution in [-0.2, 0) is 11.3 Å². The van der Waals surface area contributed by atoms with Gasteiger partial charge in [0.05, 0.1) is 5.69 Å². The van der Waals surface area contributed by atoms with Crippen molar-refractivity contribution in [2.75, 3.05) is 20.1 Å². The summed E-state index contributed by atoms with van der Waals surface area (Å²) in [5.41, 5.74) is 2.22. The highest BCUT2D eigenvalue weighted by molar-refractivity contribution is 5.81. The second kappa shape index (κ2) is 9.78. The molecule has 2 aromatic rings. The highest BCUT2D eigenvalue weighted by atomic mass is 16.2. The number of carbonyl (C=O) groups is 1. The Bertz CT molecular complexity index is 839. The van der Waals surface area contributed by atoms with Crippen molar-refractivity contribution in [2.24, 2.45) is 10.9 Å². The van der Waals surface area contributed by atoms with E-state index in [2.05, 4.69) is 49.9 Å². The Morgan fingerprint density at radius 2 is 1.97 bits per heavy atom. The summed E-state index contributed by atoms with van der Waals surface area (Å²) in [6.45, 7) is 2.31. The first-order valence-corrected chi connectivity index (χ1v) is 11.1. The standard InChI is InChI=1S/C23H32N6O/c1-24-23(25-16-18-8-10-21(11-9-18)29-14-5-13-26-29)27-20-12-15-28(17-20)22(30)19-6-3-2-4-7-19/h5,8-11,13-14,19-20H,2-4,6-7,12,15-17H2,1H3,(H2,24,25,27). The first-order valence-electron chi connectivity index (χ1n) is 11.1. The lowest BCUT2D eigenvalue weighted by molar-refractivity contribution is -0.135. The van der Waals surface area contributed by atoms with Crippen LogP contribution in [0.4, 0.5) is 0 Å². The molecule has 4 rings (SSSR count). The van der Waals surface area contributed by atoms with Crippen molar-refractivity contribution in [2.45, 2.75) is 51.1 Å². The molecule has 1 aliphatic carbocycles. The largest absolute Gasteiger partial charge is 0.352 e. The molecule has 1 saturated carbocycles. The molecule has 2 fully saturated rings. The molecule has 1 saturated heterocycles. The monoisotopic (exact) mass is 408 g/mol. The summed E-state index contributed by atoms with van der Waals surface area (Å²) in [6.07, 6.45) is 10.5. The van der Waals surface area contributed by atoms with Crippen LogP contribution in [-0.4, -0.2) is 52.7 Å². The van der Waals surface area contributed by atoms with E-state index in [0.717, 1.165) is 44.0 Å². The number of hydrogen-bond donors (Lipinski definition) is 2. The third-order valence-corrected chi connectivity index (χ3v) is 6.18. The molecule has 1 unspecified atom stereocenters. The molecule has 1 aromatic heterocycles. The molecule has 1 aliphatic heterocycles. The zero-order chi connectivity index (χ0) is 20.8. The molecule has 7 nitrogen and oxygen atoms in total. The number of likely N-dealkylation sites (tertiary alicyclic amines) is 1. The van der Waals surface area contributed by atoms with E-state index in [1.807, 2.05) is 16.9 Å². The highest BCUT2D eigenvalue weighted by Gasteiger charge is 2.31. The van der Waals surface area contributed by atoms with Crippen LogP contribution >= 0.6 is 0 Å². The second-order valence-electron chi connectivity index (χ2n) is 8.29. The van der Waals surface area contributed by atoms with Crippen LogP contribution in [0.1, 0.15) is 44.1 Å². The summed E-state index contributed by atoms with van der Waals surface area (Å²) in [5, 5.41) is 11.1. The van der Waals surface area contributed by atoms with Gasteiger partial charge in [0.15, 0.2) is 5.96 Å². The first kappa shape index (κ1) is 20.4. The number of aromatic nitrogens is 2. The fourth-order valence-corrected chi connectivity index (χ4v) is 4.45. The molecule has 7 heteroatoms. The van der Waals surface area contributed by atoms with Crippen LogP contribution in [0.3, 0.4) is 0 Å². The molecule has 1 aromatic carbocycles. The van der Waals surface area contributed by atoms with Crippen molar-refractivity contribution < 1.29 is 4.79 Å². The molecule has 2 aliphatic rings. The van der Waals surface area contributed by atoms with Crippen LogP contribution in [0.2, 0.25) is 0 Å². The lowest BCUT2D eigenvalue weighted by Gasteiger charge is -2.26. The smallest absolute Gasteiger partial charge is 0.225 e. The Kier molecular flexibility index (Phi) is 6.67. The van der Waals surface area contributed by atoms with Gasteiger partial charge in [-0.3, -0.25) is 9.79 Å². The van der Waals surface area contributed by atoms with Crippen molar-refractivity contribution in [1.29, 1.82) is 0 Å². The molecular weight excluding hydrogens is 376 g/mol. The Labute approximate surface area is 178 Å². The zero-order valence-corrected chi connectivity index (χ0v) is 17.8. The van der Waals surface area contributed by atoms with Gasteiger partial charge in [-0.15, -0.1) is 0 Å². The van der Waals surface area contributed by atoms with E-state index in [4.69, 9.17) is 0 Å². The number of nitrogens with one attached hydrogen (secondary N) is 2. The van der Waals surface area contributed by atoms with E-state index < -0.39 is 0 Å². The predicted octanol–water partition coefficient (Wildman–Crippen LogP) is 2.72. The summed E-state index contributed by atoms with van der Waals surface area (Å²) < 4.78 is 1.85. The molecule has 0 bridgehead atoms. The average Bonchev–Trinajstić information content (AvgIpc) is 3.49. The number of nitrogens with zero attached hydrogens (tertiary/aromatic N) is 4. The predicted molar refractivity (Wildman–Crippen MR) is 118 cm³/mol. The summed E-state index contributed by atoms with van der Waals surface area (Å²) in [5.74, 6) is 1.39. The first-order chi connectivity index (χ1) is 14.7. The van der Waals surface area contributed by atoms with Gasteiger partial charge in [-0.05, 0) is 43.0 Å². The minimum atomic E-state index is 0.250. The van der Waals surface area contributed by atoms with Crippen LogP contribution in [0, 0.1) is 5.92 Å². The Hall–Kier alpha value is -2.83. The van der Waals surface area contributed by atoms with E-state index in [9.17, 15) is 4.79 Å². The van der Waals surface area contributed by atoms with Gasteiger partial charge in [-0.2, -0.15) is 5.10 Å². The van der Waals surface area contributed by atoms with Gasteiger partial charge >= 0.3 is 0 Å². The SMILES string of the molecule is CN=C(NCc1ccc(-n2cccn2)cc1)NC1CCN(C(=O)C2CCCCC2)C1. The fourth-order valence-electron chi connectivity index (χ4n) is 4.45. The van der Waals surface area contributed by atoms with Crippen molar-refractivity contribution in [3.8, 4) is 5.69 Å². The summed E-state index contributed by atoms with van der Waals surface area (Å²) in [6, 6.07) is 10.5. The minimum Gasteiger partial charge on any atom is -0.352 e. The zero-order valence-electron chi connectivity index (χ0n) is 17.8. The van der Waals surface area contributed by atoms with Crippen molar-refractivity contribution in [3.05, 3.63) is 48.3 Å². The van der Waals surface area contributed by atoms with Crippen molar-refractivity contribution >= 4 is 11.9 Å². The van der Waals surface area contributed by atoms with Gasteiger partial charge in [0, 0.05) is 51.0 Å². The number of carbonyl (C=O) groups excluding carboxylic acids is 1. The van der Waals surface area contributed by atoms with Gasteiger partial charge < -0.3 is 15.5 Å². The van der Waals surface area contributed by atoms with Crippen LogP contribution < -0.4 is 10.6 Å². The van der Waals surface area contributed by atoms with Gasteiger partial charge in [-0.1, -0.05) is 31.4 Å². The third kappa shape index (κ3) is 5.01. The van der Waals surface area contributed by atoms with Gasteiger partial charge in [0.1, 0.15) is 0 Å². The molecule has 1 atom stereocenters.